The zero-order chi connectivity index (χ0) is 13.9. The molecule has 0 unspecified atom stereocenters. The Morgan fingerprint density at radius 2 is 2.21 bits per heavy atom. The number of amides is 1. The van der Waals surface area contributed by atoms with Crippen molar-refractivity contribution in [2.24, 2.45) is 11.7 Å². The minimum Gasteiger partial charge on any atom is -0.455 e. The van der Waals surface area contributed by atoms with Gasteiger partial charge in [-0.05, 0) is 43.7 Å². The number of carbonyl (C=O) groups excluding carboxylic acids is 1. The lowest BCUT2D eigenvalue weighted by molar-refractivity contribution is 0.0692. The van der Waals surface area contributed by atoms with E-state index in [4.69, 9.17) is 10.2 Å². The van der Waals surface area contributed by atoms with Gasteiger partial charge in [0, 0.05) is 0 Å². The average molecular weight is 266 g/mol. The SMILES string of the molecule is CC1CCC(CO)(NC(=O)c2ccc(CN)o2)CC1. The molecular formula is C14H22N2O3. The largest absolute Gasteiger partial charge is 0.455 e. The minimum absolute atomic E-state index is 0.0318. The highest BCUT2D eigenvalue weighted by molar-refractivity contribution is 5.92. The van der Waals surface area contributed by atoms with Gasteiger partial charge in [-0.2, -0.15) is 0 Å². The number of nitrogens with one attached hydrogen (secondary N) is 1. The summed E-state index contributed by atoms with van der Waals surface area (Å²) in [6, 6.07) is 3.32. The quantitative estimate of drug-likeness (QED) is 0.768. The third kappa shape index (κ3) is 3.16. The molecule has 1 aliphatic carbocycles. The first-order valence-corrected chi connectivity index (χ1v) is 6.81. The van der Waals surface area contributed by atoms with Crippen molar-refractivity contribution in [1.82, 2.24) is 5.32 Å². The van der Waals surface area contributed by atoms with Gasteiger partial charge in [-0.15, -0.1) is 0 Å². The first kappa shape index (κ1) is 14.1. The summed E-state index contributed by atoms with van der Waals surface area (Å²) in [6.07, 6.45) is 3.65. The van der Waals surface area contributed by atoms with Gasteiger partial charge in [0.25, 0.3) is 5.91 Å². The van der Waals surface area contributed by atoms with Gasteiger partial charge >= 0.3 is 0 Å². The van der Waals surface area contributed by atoms with E-state index in [2.05, 4.69) is 12.2 Å². The Kier molecular flexibility index (Phi) is 4.27. The van der Waals surface area contributed by atoms with Crippen LogP contribution in [0.15, 0.2) is 16.5 Å². The Morgan fingerprint density at radius 3 is 2.74 bits per heavy atom. The summed E-state index contributed by atoms with van der Waals surface area (Å²) in [6.45, 7) is 2.44. The summed E-state index contributed by atoms with van der Waals surface area (Å²) in [5, 5.41) is 12.5. The van der Waals surface area contributed by atoms with Crippen molar-refractivity contribution < 1.29 is 14.3 Å². The normalized spacial score (nSPS) is 27.2. The van der Waals surface area contributed by atoms with Crippen LogP contribution >= 0.6 is 0 Å². The molecule has 1 fully saturated rings. The van der Waals surface area contributed by atoms with Crippen molar-refractivity contribution in [3.05, 3.63) is 23.7 Å². The Morgan fingerprint density at radius 1 is 1.53 bits per heavy atom. The maximum absolute atomic E-state index is 12.1. The van der Waals surface area contributed by atoms with Crippen LogP contribution in [-0.2, 0) is 6.54 Å². The summed E-state index contributed by atoms with van der Waals surface area (Å²) < 4.78 is 5.33. The van der Waals surface area contributed by atoms with Gasteiger partial charge in [-0.3, -0.25) is 4.79 Å². The van der Waals surface area contributed by atoms with E-state index in [9.17, 15) is 9.90 Å². The number of hydrogen-bond acceptors (Lipinski definition) is 4. The number of aliphatic hydroxyl groups excluding tert-OH is 1. The van der Waals surface area contributed by atoms with E-state index in [1.165, 1.54) is 0 Å². The summed E-state index contributed by atoms with van der Waals surface area (Å²) in [5.41, 5.74) is 4.95. The number of rotatable bonds is 4. The second-order valence-corrected chi connectivity index (χ2v) is 5.55. The van der Waals surface area contributed by atoms with E-state index < -0.39 is 5.54 Å². The van der Waals surface area contributed by atoms with Crippen molar-refractivity contribution in [1.29, 1.82) is 0 Å². The lowest BCUT2D eigenvalue weighted by Crippen LogP contribution is -2.53. The minimum atomic E-state index is -0.501. The van der Waals surface area contributed by atoms with Crippen LogP contribution in [0.1, 0.15) is 48.9 Å². The van der Waals surface area contributed by atoms with Crippen molar-refractivity contribution in [2.75, 3.05) is 6.61 Å². The Labute approximate surface area is 113 Å². The molecule has 4 N–H and O–H groups in total. The fourth-order valence-electron chi connectivity index (χ4n) is 2.55. The molecule has 0 aromatic carbocycles. The Bertz CT molecular complexity index is 434. The van der Waals surface area contributed by atoms with Crippen molar-refractivity contribution in [3.8, 4) is 0 Å². The third-order valence-electron chi connectivity index (χ3n) is 4.00. The molecule has 2 rings (SSSR count). The fourth-order valence-corrected chi connectivity index (χ4v) is 2.55. The highest BCUT2D eigenvalue weighted by Crippen LogP contribution is 2.31. The topological polar surface area (TPSA) is 88.5 Å². The van der Waals surface area contributed by atoms with Crippen LogP contribution in [0, 0.1) is 5.92 Å². The van der Waals surface area contributed by atoms with Gasteiger partial charge in [0.15, 0.2) is 5.76 Å². The molecule has 1 heterocycles. The summed E-state index contributed by atoms with van der Waals surface area (Å²) in [7, 11) is 0. The van der Waals surface area contributed by atoms with E-state index >= 15 is 0 Å². The third-order valence-corrected chi connectivity index (χ3v) is 4.00. The first-order chi connectivity index (χ1) is 9.08. The number of furan rings is 1. The molecule has 0 aliphatic heterocycles. The molecule has 1 amide bonds. The fraction of sp³-hybridized carbons (Fsp3) is 0.643. The molecule has 5 nitrogen and oxygen atoms in total. The van der Waals surface area contributed by atoms with Crippen molar-refractivity contribution in [2.45, 2.75) is 44.7 Å². The molecule has 1 aromatic heterocycles. The molecular weight excluding hydrogens is 244 g/mol. The van der Waals surface area contributed by atoms with Crippen LogP contribution in [0.5, 0.6) is 0 Å². The van der Waals surface area contributed by atoms with Crippen LogP contribution in [0.3, 0.4) is 0 Å². The number of carbonyl (C=O) groups is 1. The van der Waals surface area contributed by atoms with Crippen LogP contribution in [0.2, 0.25) is 0 Å². The van der Waals surface area contributed by atoms with Gasteiger partial charge in [0.2, 0.25) is 0 Å². The van der Waals surface area contributed by atoms with Crippen LogP contribution in [-0.4, -0.2) is 23.2 Å². The summed E-state index contributed by atoms with van der Waals surface area (Å²) in [5.74, 6) is 1.22. The zero-order valence-electron chi connectivity index (χ0n) is 11.3. The van der Waals surface area contributed by atoms with Crippen LogP contribution in [0.4, 0.5) is 0 Å². The Balaban J connectivity index is 2.03. The molecule has 1 saturated carbocycles. The predicted molar refractivity (Wildman–Crippen MR) is 71.5 cm³/mol. The Hall–Kier alpha value is -1.33. The van der Waals surface area contributed by atoms with Crippen LogP contribution < -0.4 is 11.1 Å². The van der Waals surface area contributed by atoms with E-state index in [0.29, 0.717) is 11.7 Å². The second kappa shape index (κ2) is 5.75. The standard InChI is InChI=1S/C14H22N2O3/c1-10-4-6-14(9-17,7-5-10)16-13(18)12-3-2-11(8-15)19-12/h2-3,10,17H,4-9,15H2,1H3,(H,16,18). The van der Waals surface area contributed by atoms with Gasteiger partial charge in [-0.25, -0.2) is 0 Å². The smallest absolute Gasteiger partial charge is 0.287 e. The molecule has 0 radical (unpaired) electrons. The average Bonchev–Trinajstić information content (AvgIpc) is 2.91. The van der Waals surface area contributed by atoms with Crippen molar-refractivity contribution in [3.63, 3.8) is 0 Å². The second-order valence-electron chi connectivity index (χ2n) is 5.55. The molecule has 19 heavy (non-hydrogen) atoms. The van der Waals surface area contributed by atoms with E-state index in [1.807, 2.05) is 0 Å². The molecule has 0 saturated heterocycles. The number of nitrogens with two attached hydrogens (primary N) is 1. The van der Waals surface area contributed by atoms with E-state index in [-0.39, 0.29) is 24.8 Å². The molecule has 1 aromatic rings. The summed E-state index contributed by atoms with van der Waals surface area (Å²) >= 11 is 0. The van der Waals surface area contributed by atoms with E-state index in [1.54, 1.807) is 12.1 Å². The maximum atomic E-state index is 12.1. The first-order valence-electron chi connectivity index (χ1n) is 6.81. The molecule has 0 spiro atoms. The highest BCUT2D eigenvalue weighted by Gasteiger charge is 2.35. The molecule has 5 heteroatoms. The lowest BCUT2D eigenvalue weighted by Gasteiger charge is -2.38. The lowest BCUT2D eigenvalue weighted by atomic mass is 9.77. The molecule has 0 bridgehead atoms. The van der Waals surface area contributed by atoms with E-state index in [0.717, 1.165) is 25.7 Å². The summed E-state index contributed by atoms with van der Waals surface area (Å²) in [4.78, 5) is 12.1. The van der Waals surface area contributed by atoms with Gasteiger partial charge in [-0.1, -0.05) is 6.92 Å². The predicted octanol–water partition coefficient (Wildman–Crippen LogP) is 1.41. The van der Waals surface area contributed by atoms with Gasteiger partial charge in [0.1, 0.15) is 5.76 Å². The van der Waals surface area contributed by atoms with Crippen LogP contribution in [0.25, 0.3) is 0 Å². The van der Waals surface area contributed by atoms with Crippen molar-refractivity contribution >= 4 is 5.91 Å². The monoisotopic (exact) mass is 266 g/mol. The molecule has 0 atom stereocenters. The maximum Gasteiger partial charge on any atom is 0.287 e. The molecule has 1 aliphatic rings. The number of hydrogen-bond donors (Lipinski definition) is 3. The molecule has 106 valence electrons. The van der Waals surface area contributed by atoms with Gasteiger partial charge < -0.3 is 20.6 Å². The number of aliphatic hydroxyl groups is 1. The highest BCUT2D eigenvalue weighted by atomic mass is 16.4. The van der Waals surface area contributed by atoms with Gasteiger partial charge in [0.05, 0.1) is 18.7 Å². The zero-order valence-corrected chi connectivity index (χ0v) is 11.3.